The minimum absolute atomic E-state index is 0.220. The molecule has 1 heterocycles. The van der Waals surface area contributed by atoms with Crippen molar-refractivity contribution in [3.05, 3.63) is 24.0 Å². The highest BCUT2D eigenvalue weighted by atomic mass is 19.1. The number of hydrogen-bond acceptors (Lipinski definition) is 3. The second-order valence-corrected chi connectivity index (χ2v) is 3.47. The molecule has 14 heavy (non-hydrogen) atoms. The Hall–Kier alpha value is -1.52. The second-order valence-electron chi connectivity index (χ2n) is 3.47. The molecule has 1 aliphatic rings. The third kappa shape index (κ3) is 1.16. The average molecular weight is 196 g/mol. The van der Waals surface area contributed by atoms with E-state index in [0.29, 0.717) is 12.8 Å². The van der Waals surface area contributed by atoms with Crippen LogP contribution in [0.1, 0.15) is 25.1 Å². The zero-order valence-corrected chi connectivity index (χ0v) is 7.40. The van der Waals surface area contributed by atoms with Crippen molar-refractivity contribution in [1.29, 1.82) is 0 Å². The number of carboxylic acids is 1. The molecular weight excluding hydrogens is 187 g/mol. The van der Waals surface area contributed by atoms with E-state index in [9.17, 15) is 9.18 Å². The van der Waals surface area contributed by atoms with Gasteiger partial charge >= 0.3 is 5.97 Å². The highest BCUT2D eigenvalue weighted by Gasteiger charge is 2.48. The Morgan fingerprint density at radius 3 is 2.36 bits per heavy atom. The van der Waals surface area contributed by atoms with E-state index in [-0.39, 0.29) is 5.82 Å². The van der Waals surface area contributed by atoms with Gasteiger partial charge in [0, 0.05) is 0 Å². The number of halogens is 1. The molecule has 1 N–H and O–H groups in total. The number of aromatic nitrogens is 2. The molecule has 1 saturated carbocycles. The normalized spacial score (nSPS) is 18.6. The molecular formula is C9H9FN2O2. The fourth-order valence-electron chi connectivity index (χ4n) is 1.62. The lowest BCUT2D eigenvalue weighted by Gasteiger charge is -2.35. The minimum atomic E-state index is -0.965. The van der Waals surface area contributed by atoms with Gasteiger partial charge < -0.3 is 5.11 Å². The smallest absolute Gasteiger partial charge is 0.317 e. The molecule has 5 heteroatoms. The molecule has 0 aliphatic heterocycles. The molecule has 0 radical (unpaired) electrons. The van der Waals surface area contributed by atoms with Gasteiger partial charge in [0.25, 0.3) is 0 Å². The number of carboxylic acid groups (broad SMARTS) is 1. The lowest BCUT2D eigenvalue weighted by molar-refractivity contribution is -0.147. The van der Waals surface area contributed by atoms with Crippen LogP contribution in [0.25, 0.3) is 0 Å². The SMILES string of the molecule is O=C(O)C1(c2ncc(F)cn2)CCC1. The van der Waals surface area contributed by atoms with Gasteiger partial charge in [0.15, 0.2) is 5.82 Å². The Kier molecular flexibility index (Phi) is 1.94. The van der Waals surface area contributed by atoms with E-state index < -0.39 is 17.2 Å². The van der Waals surface area contributed by atoms with Gasteiger partial charge in [-0.15, -0.1) is 0 Å². The molecule has 0 saturated heterocycles. The summed E-state index contributed by atoms with van der Waals surface area (Å²) in [5.41, 5.74) is -0.965. The summed E-state index contributed by atoms with van der Waals surface area (Å²) in [5, 5.41) is 9.03. The van der Waals surface area contributed by atoms with Crippen LogP contribution in [0.2, 0.25) is 0 Å². The van der Waals surface area contributed by atoms with Crippen LogP contribution in [0.4, 0.5) is 4.39 Å². The van der Waals surface area contributed by atoms with Crippen molar-refractivity contribution >= 4 is 5.97 Å². The molecule has 0 amide bonds. The quantitative estimate of drug-likeness (QED) is 0.769. The Labute approximate surface area is 79.8 Å². The van der Waals surface area contributed by atoms with Gasteiger partial charge in [-0.25, -0.2) is 14.4 Å². The lowest BCUT2D eigenvalue weighted by Crippen LogP contribution is -2.43. The van der Waals surface area contributed by atoms with Crippen molar-refractivity contribution in [2.24, 2.45) is 0 Å². The Bertz CT molecular complexity index is 360. The van der Waals surface area contributed by atoms with E-state index in [1.165, 1.54) is 0 Å². The third-order valence-electron chi connectivity index (χ3n) is 2.66. The molecule has 1 aromatic rings. The van der Waals surface area contributed by atoms with Crippen molar-refractivity contribution < 1.29 is 14.3 Å². The van der Waals surface area contributed by atoms with Gasteiger partial charge in [-0.1, -0.05) is 6.42 Å². The number of nitrogens with zero attached hydrogens (tertiary/aromatic N) is 2. The summed E-state index contributed by atoms with van der Waals surface area (Å²) in [6.45, 7) is 0. The lowest BCUT2D eigenvalue weighted by atomic mass is 9.68. The summed E-state index contributed by atoms with van der Waals surface area (Å²) in [6, 6.07) is 0. The summed E-state index contributed by atoms with van der Waals surface area (Å²) >= 11 is 0. The molecule has 74 valence electrons. The first kappa shape index (κ1) is 9.05. The van der Waals surface area contributed by atoms with Gasteiger partial charge in [-0.05, 0) is 12.8 Å². The van der Waals surface area contributed by atoms with Crippen molar-refractivity contribution in [2.45, 2.75) is 24.7 Å². The van der Waals surface area contributed by atoms with E-state index in [4.69, 9.17) is 5.11 Å². The summed E-state index contributed by atoms with van der Waals surface area (Å²) in [4.78, 5) is 18.5. The molecule has 1 aromatic heterocycles. The van der Waals surface area contributed by atoms with Crippen LogP contribution < -0.4 is 0 Å². The summed E-state index contributed by atoms with van der Waals surface area (Å²) in [5.74, 6) is -1.25. The van der Waals surface area contributed by atoms with Crippen molar-refractivity contribution in [3.63, 3.8) is 0 Å². The van der Waals surface area contributed by atoms with Crippen LogP contribution in [0.3, 0.4) is 0 Å². The van der Waals surface area contributed by atoms with E-state index in [0.717, 1.165) is 18.8 Å². The monoisotopic (exact) mass is 196 g/mol. The molecule has 1 fully saturated rings. The number of rotatable bonds is 2. The molecule has 0 atom stereocenters. The predicted octanol–water partition coefficient (Wildman–Crippen LogP) is 1.12. The molecule has 0 bridgehead atoms. The molecule has 4 nitrogen and oxygen atoms in total. The van der Waals surface area contributed by atoms with Gasteiger partial charge in [0.2, 0.25) is 0 Å². The maximum atomic E-state index is 12.5. The van der Waals surface area contributed by atoms with E-state index in [2.05, 4.69) is 9.97 Å². The Morgan fingerprint density at radius 1 is 1.43 bits per heavy atom. The van der Waals surface area contributed by atoms with Crippen LogP contribution in [-0.2, 0) is 10.2 Å². The minimum Gasteiger partial charge on any atom is -0.480 e. The zero-order valence-electron chi connectivity index (χ0n) is 7.40. The Morgan fingerprint density at radius 2 is 2.00 bits per heavy atom. The summed E-state index contributed by atoms with van der Waals surface area (Å²) < 4.78 is 12.5. The predicted molar refractivity (Wildman–Crippen MR) is 45.2 cm³/mol. The van der Waals surface area contributed by atoms with E-state index in [1.54, 1.807) is 0 Å². The topological polar surface area (TPSA) is 63.1 Å². The van der Waals surface area contributed by atoms with Gasteiger partial charge in [0.05, 0.1) is 12.4 Å². The van der Waals surface area contributed by atoms with Crippen LogP contribution in [0.15, 0.2) is 12.4 Å². The van der Waals surface area contributed by atoms with Crippen molar-refractivity contribution in [2.75, 3.05) is 0 Å². The number of aliphatic carboxylic acids is 1. The highest BCUT2D eigenvalue weighted by Crippen LogP contribution is 2.42. The number of carbonyl (C=O) groups is 1. The van der Waals surface area contributed by atoms with Crippen LogP contribution in [0.5, 0.6) is 0 Å². The fraction of sp³-hybridized carbons (Fsp3) is 0.444. The molecule has 0 unspecified atom stereocenters. The van der Waals surface area contributed by atoms with Crippen molar-refractivity contribution in [1.82, 2.24) is 9.97 Å². The van der Waals surface area contributed by atoms with Crippen LogP contribution >= 0.6 is 0 Å². The van der Waals surface area contributed by atoms with Gasteiger partial charge in [-0.3, -0.25) is 4.79 Å². The molecule has 0 spiro atoms. The Balaban J connectivity index is 2.37. The van der Waals surface area contributed by atoms with Crippen LogP contribution in [-0.4, -0.2) is 21.0 Å². The fourth-order valence-corrected chi connectivity index (χ4v) is 1.62. The molecule has 2 rings (SSSR count). The summed E-state index contributed by atoms with van der Waals surface area (Å²) in [7, 11) is 0. The van der Waals surface area contributed by atoms with Crippen molar-refractivity contribution in [3.8, 4) is 0 Å². The largest absolute Gasteiger partial charge is 0.480 e. The zero-order chi connectivity index (χ0) is 10.2. The standard InChI is InChI=1S/C9H9FN2O2/c10-6-4-11-7(12-5-6)9(8(13)14)2-1-3-9/h4-5H,1-3H2,(H,13,14). The van der Waals surface area contributed by atoms with E-state index >= 15 is 0 Å². The third-order valence-corrected chi connectivity index (χ3v) is 2.66. The highest BCUT2D eigenvalue weighted by molar-refractivity contribution is 5.81. The van der Waals surface area contributed by atoms with Crippen LogP contribution in [0, 0.1) is 5.82 Å². The maximum absolute atomic E-state index is 12.5. The molecule has 0 aromatic carbocycles. The first-order chi connectivity index (χ1) is 6.65. The first-order valence-corrected chi connectivity index (χ1v) is 4.36. The second kappa shape index (κ2) is 3.01. The maximum Gasteiger partial charge on any atom is 0.317 e. The van der Waals surface area contributed by atoms with Gasteiger partial charge in [-0.2, -0.15) is 0 Å². The molecule has 1 aliphatic carbocycles. The summed E-state index contributed by atoms with van der Waals surface area (Å²) in [6.07, 6.45) is 3.94. The van der Waals surface area contributed by atoms with Gasteiger partial charge in [0.1, 0.15) is 11.2 Å². The first-order valence-electron chi connectivity index (χ1n) is 4.36. The number of hydrogen-bond donors (Lipinski definition) is 1. The average Bonchev–Trinajstić information content (AvgIpc) is 2.05. The van der Waals surface area contributed by atoms with E-state index in [1.807, 2.05) is 0 Å².